The van der Waals surface area contributed by atoms with Crippen LogP contribution in [0.3, 0.4) is 0 Å². The quantitative estimate of drug-likeness (QED) is 0.820. The third-order valence-electron chi connectivity index (χ3n) is 2.77. The standard InChI is InChI=1S/C11H16ClNOS/c1-11(2)3-4-14-9(6-13-11)8-5-10(12)15-7-8/h5,7,9,13H,3-4,6H2,1-2H3. The Hall–Kier alpha value is -0.0900. The highest BCUT2D eigenvalue weighted by molar-refractivity contribution is 7.14. The number of hydrogen-bond acceptors (Lipinski definition) is 3. The van der Waals surface area contributed by atoms with E-state index in [9.17, 15) is 0 Å². The van der Waals surface area contributed by atoms with Crippen LogP contribution in [0.25, 0.3) is 0 Å². The molecule has 1 fully saturated rings. The van der Waals surface area contributed by atoms with Crippen molar-refractivity contribution in [1.82, 2.24) is 5.32 Å². The van der Waals surface area contributed by atoms with Crippen LogP contribution in [0.1, 0.15) is 31.9 Å². The molecule has 1 atom stereocenters. The van der Waals surface area contributed by atoms with Gasteiger partial charge >= 0.3 is 0 Å². The van der Waals surface area contributed by atoms with Crippen molar-refractivity contribution in [3.05, 3.63) is 21.3 Å². The average Bonchev–Trinajstić information content (AvgIpc) is 2.49. The molecule has 1 N–H and O–H groups in total. The Morgan fingerprint density at radius 2 is 2.40 bits per heavy atom. The van der Waals surface area contributed by atoms with Crippen molar-refractivity contribution < 1.29 is 4.74 Å². The summed E-state index contributed by atoms with van der Waals surface area (Å²) < 4.78 is 6.65. The molecule has 1 aromatic heterocycles. The van der Waals surface area contributed by atoms with Gasteiger partial charge in [-0.3, -0.25) is 0 Å². The first-order valence-corrected chi connectivity index (χ1v) is 6.43. The fraction of sp³-hybridized carbons (Fsp3) is 0.636. The molecule has 1 aliphatic rings. The summed E-state index contributed by atoms with van der Waals surface area (Å²) in [5.41, 5.74) is 1.37. The Balaban J connectivity index is 2.05. The van der Waals surface area contributed by atoms with Gasteiger partial charge in [0.2, 0.25) is 0 Å². The summed E-state index contributed by atoms with van der Waals surface area (Å²) in [5.74, 6) is 0. The molecule has 0 radical (unpaired) electrons. The van der Waals surface area contributed by atoms with Crippen molar-refractivity contribution in [2.75, 3.05) is 13.2 Å². The molecule has 2 nitrogen and oxygen atoms in total. The fourth-order valence-electron chi connectivity index (χ4n) is 1.68. The number of thiophene rings is 1. The van der Waals surface area contributed by atoms with Crippen molar-refractivity contribution in [2.45, 2.75) is 31.9 Å². The zero-order chi connectivity index (χ0) is 10.9. The van der Waals surface area contributed by atoms with Crippen LogP contribution in [0, 0.1) is 0 Å². The molecule has 2 rings (SSSR count). The number of halogens is 1. The first-order chi connectivity index (χ1) is 7.07. The molecule has 1 saturated heterocycles. The molecule has 84 valence electrons. The highest BCUT2D eigenvalue weighted by atomic mass is 35.5. The Labute approximate surface area is 99.6 Å². The predicted molar refractivity (Wildman–Crippen MR) is 64.7 cm³/mol. The van der Waals surface area contributed by atoms with E-state index in [1.807, 2.05) is 6.07 Å². The van der Waals surface area contributed by atoms with Crippen molar-refractivity contribution in [3.8, 4) is 0 Å². The molecular formula is C11H16ClNOS. The number of rotatable bonds is 1. The second-order valence-electron chi connectivity index (χ2n) is 4.56. The highest BCUT2D eigenvalue weighted by Crippen LogP contribution is 2.29. The van der Waals surface area contributed by atoms with Gasteiger partial charge < -0.3 is 10.1 Å². The largest absolute Gasteiger partial charge is 0.372 e. The van der Waals surface area contributed by atoms with Crippen LogP contribution >= 0.6 is 22.9 Å². The minimum atomic E-state index is 0.149. The summed E-state index contributed by atoms with van der Waals surface area (Å²) in [6.07, 6.45) is 1.19. The molecule has 0 amide bonds. The molecular weight excluding hydrogens is 230 g/mol. The fourth-order valence-corrected chi connectivity index (χ4v) is 2.61. The summed E-state index contributed by atoms with van der Waals surface area (Å²) in [6.45, 7) is 6.08. The van der Waals surface area contributed by atoms with Crippen LogP contribution in [0.2, 0.25) is 4.34 Å². The van der Waals surface area contributed by atoms with Crippen molar-refractivity contribution in [1.29, 1.82) is 0 Å². The maximum atomic E-state index is 5.92. The Bertz CT molecular complexity index is 337. The molecule has 0 saturated carbocycles. The molecule has 1 unspecified atom stereocenters. The van der Waals surface area contributed by atoms with Gasteiger partial charge in [0.1, 0.15) is 0 Å². The highest BCUT2D eigenvalue weighted by Gasteiger charge is 2.25. The first kappa shape index (κ1) is 11.4. The normalized spacial score (nSPS) is 26.2. The van der Waals surface area contributed by atoms with Gasteiger partial charge in [-0.1, -0.05) is 11.6 Å². The molecule has 1 aliphatic heterocycles. The second-order valence-corrected chi connectivity index (χ2v) is 6.10. The van der Waals surface area contributed by atoms with E-state index in [0.717, 1.165) is 23.9 Å². The van der Waals surface area contributed by atoms with Crippen molar-refractivity contribution in [3.63, 3.8) is 0 Å². The molecule has 15 heavy (non-hydrogen) atoms. The summed E-state index contributed by atoms with van der Waals surface area (Å²) >= 11 is 7.48. The molecule has 0 aromatic carbocycles. The minimum Gasteiger partial charge on any atom is -0.372 e. The van der Waals surface area contributed by atoms with Gasteiger partial charge in [-0.05, 0) is 37.3 Å². The zero-order valence-corrected chi connectivity index (χ0v) is 10.6. The number of ether oxygens (including phenoxy) is 1. The zero-order valence-electron chi connectivity index (χ0n) is 9.05. The van der Waals surface area contributed by atoms with E-state index in [0.29, 0.717) is 0 Å². The van der Waals surface area contributed by atoms with Crippen LogP contribution in [0.5, 0.6) is 0 Å². The lowest BCUT2D eigenvalue weighted by Crippen LogP contribution is -2.39. The van der Waals surface area contributed by atoms with Crippen LogP contribution in [0.4, 0.5) is 0 Å². The van der Waals surface area contributed by atoms with E-state index in [1.54, 1.807) is 11.3 Å². The van der Waals surface area contributed by atoms with Gasteiger partial charge in [0.15, 0.2) is 0 Å². The monoisotopic (exact) mass is 245 g/mol. The van der Waals surface area contributed by atoms with Crippen LogP contribution in [-0.2, 0) is 4.74 Å². The van der Waals surface area contributed by atoms with Crippen LogP contribution in [-0.4, -0.2) is 18.7 Å². The maximum absolute atomic E-state index is 5.92. The van der Waals surface area contributed by atoms with Gasteiger partial charge in [0.25, 0.3) is 0 Å². The Kier molecular flexibility index (Phi) is 3.36. The lowest BCUT2D eigenvalue weighted by atomic mass is 10.0. The SMILES string of the molecule is CC1(C)CCOC(c2csc(Cl)c2)CN1. The van der Waals surface area contributed by atoms with E-state index in [-0.39, 0.29) is 11.6 Å². The lowest BCUT2D eigenvalue weighted by molar-refractivity contribution is 0.0659. The average molecular weight is 246 g/mol. The third-order valence-corrected chi connectivity index (χ3v) is 3.88. The van der Waals surface area contributed by atoms with E-state index in [4.69, 9.17) is 16.3 Å². The van der Waals surface area contributed by atoms with Crippen molar-refractivity contribution in [2.24, 2.45) is 0 Å². The smallest absolute Gasteiger partial charge is 0.0957 e. The minimum absolute atomic E-state index is 0.149. The number of nitrogens with one attached hydrogen (secondary N) is 1. The first-order valence-electron chi connectivity index (χ1n) is 5.17. The maximum Gasteiger partial charge on any atom is 0.0957 e. The Morgan fingerprint density at radius 1 is 1.60 bits per heavy atom. The van der Waals surface area contributed by atoms with E-state index in [2.05, 4.69) is 24.5 Å². The van der Waals surface area contributed by atoms with Crippen LogP contribution in [0.15, 0.2) is 11.4 Å². The second kappa shape index (κ2) is 4.42. The van der Waals surface area contributed by atoms with E-state index in [1.165, 1.54) is 5.56 Å². The molecule has 1 aromatic rings. The van der Waals surface area contributed by atoms with E-state index < -0.39 is 0 Å². The van der Waals surface area contributed by atoms with Gasteiger partial charge in [-0.15, -0.1) is 11.3 Å². The molecule has 0 spiro atoms. The Morgan fingerprint density at radius 3 is 3.07 bits per heavy atom. The van der Waals surface area contributed by atoms with Gasteiger partial charge in [0, 0.05) is 18.7 Å². The summed E-state index contributed by atoms with van der Waals surface area (Å²) in [6, 6.07) is 2.00. The molecule has 2 heterocycles. The third kappa shape index (κ3) is 2.94. The molecule has 0 bridgehead atoms. The topological polar surface area (TPSA) is 21.3 Å². The summed E-state index contributed by atoms with van der Waals surface area (Å²) in [7, 11) is 0. The van der Waals surface area contributed by atoms with Gasteiger partial charge in [0.05, 0.1) is 10.4 Å². The van der Waals surface area contributed by atoms with Crippen molar-refractivity contribution >= 4 is 22.9 Å². The summed E-state index contributed by atoms with van der Waals surface area (Å²) in [5, 5.41) is 5.59. The molecule has 0 aliphatic carbocycles. The summed E-state index contributed by atoms with van der Waals surface area (Å²) in [4.78, 5) is 0. The van der Waals surface area contributed by atoms with Gasteiger partial charge in [-0.25, -0.2) is 0 Å². The predicted octanol–water partition coefficient (Wildman–Crippen LogP) is 3.23. The van der Waals surface area contributed by atoms with E-state index >= 15 is 0 Å². The lowest BCUT2D eigenvalue weighted by Gasteiger charge is -2.23. The van der Waals surface area contributed by atoms with Crippen LogP contribution < -0.4 is 5.32 Å². The number of hydrogen-bond donors (Lipinski definition) is 1. The molecule has 4 heteroatoms. The van der Waals surface area contributed by atoms with Gasteiger partial charge in [-0.2, -0.15) is 0 Å².